The minimum Gasteiger partial charge on any atom is -0.490 e. The second-order valence-electron chi connectivity index (χ2n) is 4.96. The Labute approximate surface area is 124 Å². The van der Waals surface area contributed by atoms with Crippen molar-refractivity contribution in [2.45, 2.75) is 31.2 Å². The zero-order valence-electron chi connectivity index (χ0n) is 12.1. The molecule has 1 heterocycles. The van der Waals surface area contributed by atoms with E-state index in [9.17, 15) is 5.11 Å². The largest absolute Gasteiger partial charge is 0.490 e. The van der Waals surface area contributed by atoms with Crippen LogP contribution in [-0.4, -0.2) is 42.5 Å². The van der Waals surface area contributed by atoms with Crippen LogP contribution in [0.15, 0.2) is 18.2 Å². The molecule has 5 heteroatoms. The highest BCUT2D eigenvalue weighted by atomic mass is 32.2. The van der Waals surface area contributed by atoms with Crippen LogP contribution in [0, 0.1) is 0 Å². The molecule has 1 aromatic rings. The molecule has 112 valence electrons. The minimum atomic E-state index is 0.191. The molecule has 0 aromatic heterocycles. The van der Waals surface area contributed by atoms with Crippen molar-refractivity contribution < 1.29 is 14.6 Å². The van der Waals surface area contributed by atoms with E-state index in [0.29, 0.717) is 13.2 Å². The minimum absolute atomic E-state index is 0.191. The van der Waals surface area contributed by atoms with Gasteiger partial charge in [-0.3, -0.25) is 0 Å². The highest BCUT2D eigenvalue weighted by Crippen LogP contribution is 2.30. The van der Waals surface area contributed by atoms with E-state index in [1.165, 1.54) is 5.56 Å². The van der Waals surface area contributed by atoms with Crippen molar-refractivity contribution in [2.24, 2.45) is 0 Å². The highest BCUT2D eigenvalue weighted by Gasteiger charge is 2.15. The maximum Gasteiger partial charge on any atom is 0.161 e. The van der Waals surface area contributed by atoms with Crippen molar-refractivity contribution >= 4 is 11.8 Å². The molecule has 2 rings (SSSR count). The third-order valence-corrected chi connectivity index (χ3v) is 4.64. The van der Waals surface area contributed by atoms with Gasteiger partial charge in [-0.1, -0.05) is 6.07 Å². The van der Waals surface area contributed by atoms with Crippen molar-refractivity contribution in [2.75, 3.05) is 26.1 Å². The van der Waals surface area contributed by atoms with Gasteiger partial charge in [-0.25, -0.2) is 0 Å². The number of hydrogen-bond acceptors (Lipinski definition) is 5. The lowest BCUT2D eigenvalue weighted by atomic mass is 10.1. The van der Waals surface area contributed by atoms with Gasteiger partial charge in [-0.05, 0) is 30.9 Å². The van der Waals surface area contributed by atoms with Crippen molar-refractivity contribution in [3.8, 4) is 11.5 Å². The lowest BCUT2D eigenvalue weighted by molar-refractivity contribution is 0.275. The van der Waals surface area contributed by atoms with Gasteiger partial charge in [-0.2, -0.15) is 11.8 Å². The molecule has 1 aliphatic heterocycles. The molecule has 0 fully saturated rings. The maximum atomic E-state index is 9.29. The highest BCUT2D eigenvalue weighted by molar-refractivity contribution is 7.99. The molecule has 0 amide bonds. The molecule has 0 saturated carbocycles. The van der Waals surface area contributed by atoms with E-state index in [0.717, 1.165) is 24.5 Å². The van der Waals surface area contributed by atoms with Crippen LogP contribution >= 0.6 is 11.8 Å². The Bertz CT molecular complexity index is 424. The lowest BCUT2D eigenvalue weighted by Crippen LogP contribution is -2.37. The summed E-state index contributed by atoms with van der Waals surface area (Å²) in [5, 5.41) is 12.9. The van der Waals surface area contributed by atoms with Crippen LogP contribution in [0.2, 0.25) is 0 Å². The molecule has 1 aromatic carbocycles. The molecule has 0 saturated heterocycles. The van der Waals surface area contributed by atoms with Crippen LogP contribution in [0.3, 0.4) is 0 Å². The van der Waals surface area contributed by atoms with Gasteiger partial charge in [0.2, 0.25) is 0 Å². The summed E-state index contributed by atoms with van der Waals surface area (Å²) in [6.45, 7) is 4.47. The van der Waals surface area contributed by atoms with Gasteiger partial charge in [0, 0.05) is 24.3 Å². The number of aliphatic hydroxyl groups is 1. The molecule has 0 aliphatic carbocycles. The molecule has 0 radical (unpaired) electrons. The second kappa shape index (κ2) is 7.76. The van der Waals surface area contributed by atoms with Crippen molar-refractivity contribution in [3.05, 3.63) is 23.8 Å². The number of ether oxygens (including phenoxy) is 2. The van der Waals surface area contributed by atoms with Crippen LogP contribution < -0.4 is 14.8 Å². The Morgan fingerprint density at radius 1 is 1.30 bits per heavy atom. The monoisotopic (exact) mass is 297 g/mol. The number of benzene rings is 1. The number of hydrogen-bond donors (Lipinski definition) is 2. The molecule has 2 atom stereocenters. The summed E-state index contributed by atoms with van der Waals surface area (Å²) < 4.78 is 11.3. The maximum absolute atomic E-state index is 9.29. The van der Waals surface area contributed by atoms with Crippen LogP contribution in [0.4, 0.5) is 0 Å². The molecule has 0 spiro atoms. The van der Waals surface area contributed by atoms with E-state index in [1.807, 2.05) is 18.4 Å². The number of rotatable bonds is 6. The van der Waals surface area contributed by atoms with Crippen LogP contribution in [-0.2, 0) is 6.54 Å². The van der Waals surface area contributed by atoms with Crippen molar-refractivity contribution in [3.63, 3.8) is 0 Å². The first kappa shape index (κ1) is 15.5. The molecule has 2 unspecified atom stereocenters. The molecule has 2 N–H and O–H groups in total. The first-order chi connectivity index (χ1) is 9.74. The Kier molecular flexibility index (Phi) is 6.01. The average molecular weight is 297 g/mol. The van der Waals surface area contributed by atoms with Gasteiger partial charge in [0.15, 0.2) is 11.5 Å². The zero-order valence-corrected chi connectivity index (χ0v) is 12.9. The smallest absolute Gasteiger partial charge is 0.161 e. The van der Waals surface area contributed by atoms with E-state index in [4.69, 9.17) is 9.47 Å². The first-order valence-corrected chi connectivity index (χ1v) is 8.29. The number of nitrogens with one attached hydrogen (secondary N) is 1. The summed E-state index contributed by atoms with van der Waals surface area (Å²) >= 11 is 1.68. The van der Waals surface area contributed by atoms with E-state index in [-0.39, 0.29) is 17.9 Å². The Hall–Kier alpha value is -0.910. The summed E-state index contributed by atoms with van der Waals surface area (Å²) in [7, 11) is 0. The van der Waals surface area contributed by atoms with Crippen LogP contribution in [0.1, 0.15) is 18.9 Å². The van der Waals surface area contributed by atoms with Gasteiger partial charge >= 0.3 is 0 Å². The lowest BCUT2D eigenvalue weighted by Gasteiger charge is -2.21. The summed E-state index contributed by atoms with van der Waals surface area (Å²) in [5.41, 5.74) is 1.17. The van der Waals surface area contributed by atoms with Gasteiger partial charge in [0.05, 0.1) is 19.8 Å². The quantitative estimate of drug-likeness (QED) is 0.841. The Morgan fingerprint density at radius 3 is 2.75 bits per heavy atom. The van der Waals surface area contributed by atoms with E-state index < -0.39 is 0 Å². The van der Waals surface area contributed by atoms with Gasteiger partial charge in [0.25, 0.3) is 0 Å². The van der Waals surface area contributed by atoms with Gasteiger partial charge < -0.3 is 19.9 Å². The standard InChI is InChI=1S/C15H23NO3S/c1-11(15(10-17)20-2)16-9-12-4-5-13-14(8-12)19-7-3-6-18-13/h4-5,8,11,15-17H,3,6-7,9-10H2,1-2H3. The predicted octanol–water partition coefficient (Wildman–Crippen LogP) is 2.05. The fourth-order valence-electron chi connectivity index (χ4n) is 2.16. The molecule has 4 nitrogen and oxygen atoms in total. The fourth-order valence-corrected chi connectivity index (χ4v) is 2.82. The summed E-state index contributed by atoms with van der Waals surface area (Å²) in [4.78, 5) is 0. The summed E-state index contributed by atoms with van der Waals surface area (Å²) in [5.74, 6) is 1.66. The van der Waals surface area contributed by atoms with Gasteiger partial charge in [0.1, 0.15) is 0 Å². The molecule has 0 bridgehead atoms. The Morgan fingerprint density at radius 2 is 2.05 bits per heavy atom. The number of thioether (sulfide) groups is 1. The molecule has 20 heavy (non-hydrogen) atoms. The molecular formula is C15H23NO3S. The van der Waals surface area contributed by atoms with Crippen LogP contribution in [0.5, 0.6) is 11.5 Å². The Balaban J connectivity index is 1.95. The predicted molar refractivity (Wildman–Crippen MR) is 82.7 cm³/mol. The van der Waals surface area contributed by atoms with Crippen LogP contribution in [0.25, 0.3) is 0 Å². The third-order valence-electron chi connectivity index (χ3n) is 3.48. The number of fused-ring (bicyclic) bond motifs is 1. The first-order valence-electron chi connectivity index (χ1n) is 7.00. The van der Waals surface area contributed by atoms with Gasteiger partial charge in [-0.15, -0.1) is 0 Å². The van der Waals surface area contributed by atoms with Crippen molar-refractivity contribution in [1.29, 1.82) is 0 Å². The summed E-state index contributed by atoms with van der Waals surface area (Å²) in [6.07, 6.45) is 2.94. The topological polar surface area (TPSA) is 50.7 Å². The zero-order chi connectivity index (χ0) is 14.4. The average Bonchev–Trinajstić information content (AvgIpc) is 2.71. The normalized spacial score (nSPS) is 17.4. The number of aliphatic hydroxyl groups excluding tert-OH is 1. The SMILES string of the molecule is CSC(CO)C(C)NCc1ccc2c(c1)OCCCO2. The van der Waals surface area contributed by atoms with E-state index >= 15 is 0 Å². The molecular weight excluding hydrogens is 274 g/mol. The summed E-state index contributed by atoms with van der Waals surface area (Å²) in [6, 6.07) is 6.32. The third kappa shape index (κ3) is 4.04. The second-order valence-corrected chi connectivity index (χ2v) is 6.03. The van der Waals surface area contributed by atoms with Crippen molar-refractivity contribution in [1.82, 2.24) is 5.32 Å². The molecule has 1 aliphatic rings. The van der Waals surface area contributed by atoms with E-state index in [1.54, 1.807) is 11.8 Å². The fraction of sp³-hybridized carbons (Fsp3) is 0.600. The van der Waals surface area contributed by atoms with E-state index in [2.05, 4.69) is 18.3 Å².